The van der Waals surface area contributed by atoms with E-state index in [9.17, 15) is 0 Å². The molecule has 1 heterocycles. The van der Waals surface area contributed by atoms with Gasteiger partial charge < -0.3 is 4.74 Å². The molecule has 1 nitrogen and oxygen atoms in total. The molecule has 1 aliphatic rings. The zero-order valence-electron chi connectivity index (χ0n) is 9.60. The largest absolute Gasteiger partial charge is 0.373 e. The summed E-state index contributed by atoms with van der Waals surface area (Å²) in [7, 11) is 0. The van der Waals surface area contributed by atoms with Gasteiger partial charge in [0.1, 0.15) is 0 Å². The van der Waals surface area contributed by atoms with Gasteiger partial charge in [0, 0.05) is 6.42 Å². The van der Waals surface area contributed by atoms with Gasteiger partial charge in [-0.05, 0) is 16.7 Å². The highest BCUT2D eigenvalue weighted by molar-refractivity contribution is 7.59. The Bertz CT molecular complexity index is 477. The van der Waals surface area contributed by atoms with Crippen LogP contribution in [0.2, 0.25) is 0 Å². The highest BCUT2D eigenvalue weighted by Gasteiger charge is 2.23. The van der Waals surface area contributed by atoms with Crippen molar-refractivity contribution in [2.24, 2.45) is 0 Å². The summed E-state index contributed by atoms with van der Waals surface area (Å²) in [5, 5.41) is 0. The second-order valence-electron chi connectivity index (χ2n) is 4.18. The molecule has 3 rings (SSSR count). The molecule has 0 aliphatic carbocycles. The van der Waals surface area contributed by atoms with E-state index < -0.39 is 0 Å². The summed E-state index contributed by atoms with van der Waals surface area (Å²) in [5.41, 5.74) is 4.01. The van der Waals surface area contributed by atoms with E-state index in [1.165, 1.54) is 16.7 Å². The number of hydrogen-bond acceptors (Lipinski definition) is 1. The van der Waals surface area contributed by atoms with Gasteiger partial charge in [-0.3, -0.25) is 0 Å². The van der Waals surface area contributed by atoms with E-state index in [0.29, 0.717) is 6.10 Å². The fourth-order valence-electron chi connectivity index (χ4n) is 2.03. The minimum Gasteiger partial charge on any atom is -0.373 e. The molecule has 0 radical (unpaired) electrons. The number of epoxide rings is 1. The van der Waals surface area contributed by atoms with Gasteiger partial charge in [-0.15, -0.1) is 0 Å². The van der Waals surface area contributed by atoms with E-state index >= 15 is 0 Å². The van der Waals surface area contributed by atoms with Crippen LogP contribution in [0.1, 0.15) is 5.56 Å². The van der Waals surface area contributed by atoms with Crippen LogP contribution >= 0.6 is 13.5 Å². The molecule has 0 bridgehead atoms. The quantitative estimate of drug-likeness (QED) is 0.754. The first-order valence-electron chi connectivity index (χ1n) is 5.68. The molecule has 1 atom stereocenters. The Hall–Kier alpha value is -1.25. The topological polar surface area (TPSA) is 12.5 Å². The average molecular weight is 244 g/mol. The van der Waals surface area contributed by atoms with Gasteiger partial charge >= 0.3 is 0 Å². The third-order valence-electron chi connectivity index (χ3n) is 2.95. The van der Waals surface area contributed by atoms with Crippen LogP contribution in [0.4, 0.5) is 0 Å². The average Bonchev–Trinajstić information content (AvgIpc) is 3.15. The third-order valence-corrected chi connectivity index (χ3v) is 2.95. The monoisotopic (exact) mass is 244 g/mol. The van der Waals surface area contributed by atoms with Crippen LogP contribution in [0.5, 0.6) is 0 Å². The van der Waals surface area contributed by atoms with Crippen molar-refractivity contribution in [3.05, 3.63) is 60.2 Å². The molecule has 0 saturated carbocycles. The first kappa shape index (κ1) is 12.2. The number of ether oxygens (including phenoxy) is 1. The van der Waals surface area contributed by atoms with Crippen molar-refractivity contribution in [2.45, 2.75) is 12.5 Å². The smallest absolute Gasteiger partial charge is 0.0850 e. The van der Waals surface area contributed by atoms with Crippen LogP contribution in [-0.2, 0) is 11.2 Å². The zero-order chi connectivity index (χ0) is 10.8. The predicted molar refractivity (Wildman–Crippen MR) is 75.7 cm³/mol. The highest BCUT2D eigenvalue weighted by atomic mass is 32.1. The molecule has 1 fully saturated rings. The second-order valence-corrected chi connectivity index (χ2v) is 4.18. The van der Waals surface area contributed by atoms with Gasteiger partial charge in [0.05, 0.1) is 12.7 Å². The lowest BCUT2D eigenvalue weighted by Crippen LogP contribution is -1.95. The summed E-state index contributed by atoms with van der Waals surface area (Å²) in [6.45, 7) is 0.920. The van der Waals surface area contributed by atoms with Crippen molar-refractivity contribution in [1.29, 1.82) is 0 Å². The Labute approximate surface area is 109 Å². The van der Waals surface area contributed by atoms with E-state index in [4.69, 9.17) is 4.74 Å². The van der Waals surface area contributed by atoms with Crippen LogP contribution in [-0.4, -0.2) is 12.7 Å². The van der Waals surface area contributed by atoms with Crippen LogP contribution in [0.15, 0.2) is 54.6 Å². The summed E-state index contributed by atoms with van der Waals surface area (Å²) in [5.74, 6) is 0. The first-order valence-corrected chi connectivity index (χ1v) is 5.68. The molecular weight excluding hydrogens is 228 g/mol. The van der Waals surface area contributed by atoms with Crippen molar-refractivity contribution >= 4 is 13.5 Å². The molecule has 88 valence electrons. The summed E-state index contributed by atoms with van der Waals surface area (Å²) in [6, 6.07) is 19.1. The maximum absolute atomic E-state index is 5.30. The van der Waals surface area contributed by atoms with Crippen molar-refractivity contribution in [2.75, 3.05) is 6.61 Å². The number of rotatable bonds is 3. The van der Waals surface area contributed by atoms with Gasteiger partial charge in [0.2, 0.25) is 0 Å². The Morgan fingerprint density at radius 1 is 0.941 bits per heavy atom. The molecule has 1 aliphatic heterocycles. The molecule has 2 heteroatoms. The normalized spacial score (nSPS) is 17.3. The van der Waals surface area contributed by atoms with E-state index in [0.717, 1.165) is 13.0 Å². The number of hydrogen-bond donors (Lipinski definition) is 0. The minimum atomic E-state index is 0. The van der Waals surface area contributed by atoms with E-state index in [2.05, 4.69) is 54.6 Å². The fraction of sp³-hybridized carbons (Fsp3) is 0.200. The Morgan fingerprint density at radius 2 is 1.59 bits per heavy atom. The van der Waals surface area contributed by atoms with Crippen molar-refractivity contribution in [3.63, 3.8) is 0 Å². The Balaban J connectivity index is 0.00000108. The van der Waals surface area contributed by atoms with E-state index in [1.54, 1.807) is 0 Å². The molecule has 1 unspecified atom stereocenters. The van der Waals surface area contributed by atoms with Gasteiger partial charge in [-0.2, -0.15) is 13.5 Å². The Kier molecular flexibility index (Phi) is 3.87. The molecule has 2 aromatic rings. The highest BCUT2D eigenvalue weighted by Crippen LogP contribution is 2.26. The van der Waals surface area contributed by atoms with Crippen molar-refractivity contribution in [1.82, 2.24) is 0 Å². The molecular formula is C15H16OS. The molecule has 17 heavy (non-hydrogen) atoms. The SMILES string of the molecule is S.c1ccc(-c2ccccc2CC2CO2)cc1. The zero-order valence-corrected chi connectivity index (χ0v) is 10.6. The third kappa shape index (κ3) is 2.90. The Morgan fingerprint density at radius 3 is 2.29 bits per heavy atom. The van der Waals surface area contributed by atoms with Crippen LogP contribution < -0.4 is 0 Å². The molecule has 0 amide bonds. The van der Waals surface area contributed by atoms with Crippen molar-refractivity contribution in [3.8, 4) is 11.1 Å². The van der Waals surface area contributed by atoms with Gasteiger partial charge in [-0.25, -0.2) is 0 Å². The van der Waals surface area contributed by atoms with E-state index in [-0.39, 0.29) is 13.5 Å². The fourth-order valence-corrected chi connectivity index (χ4v) is 2.03. The summed E-state index contributed by atoms with van der Waals surface area (Å²) in [6.07, 6.45) is 1.48. The lowest BCUT2D eigenvalue weighted by Gasteiger charge is -2.08. The standard InChI is InChI=1S/C15H14O.H2S/c1-2-6-12(7-3-1)15-9-5-4-8-13(15)10-14-11-16-14;/h1-9,14H,10-11H2;1H2. The van der Waals surface area contributed by atoms with Gasteiger partial charge in [0.15, 0.2) is 0 Å². The summed E-state index contributed by atoms with van der Waals surface area (Å²) in [4.78, 5) is 0. The molecule has 0 spiro atoms. The van der Waals surface area contributed by atoms with Crippen LogP contribution in [0, 0.1) is 0 Å². The minimum absolute atomic E-state index is 0. The summed E-state index contributed by atoms with van der Waals surface area (Å²) < 4.78 is 5.30. The van der Waals surface area contributed by atoms with Crippen molar-refractivity contribution < 1.29 is 4.74 Å². The predicted octanol–water partition coefficient (Wildman–Crippen LogP) is 3.41. The number of benzene rings is 2. The lowest BCUT2D eigenvalue weighted by atomic mass is 9.97. The molecule has 1 saturated heterocycles. The summed E-state index contributed by atoms with van der Waals surface area (Å²) >= 11 is 0. The molecule has 0 N–H and O–H groups in total. The first-order chi connectivity index (χ1) is 7.93. The lowest BCUT2D eigenvalue weighted by molar-refractivity contribution is 0.408. The van der Waals surface area contributed by atoms with Gasteiger partial charge in [0.25, 0.3) is 0 Å². The van der Waals surface area contributed by atoms with Crippen LogP contribution in [0.3, 0.4) is 0 Å². The van der Waals surface area contributed by atoms with E-state index in [1.807, 2.05) is 0 Å². The molecule has 0 aromatic heterocycles. The van der Waals surface area contributed by atoms with Gasteiger partial charge in [-0.1, -0.05) is 54.6 Å². The van der Waals surface area contributed by atoms with Crippen LogP contribution in [0.25, 0.3) is 11.1 Å². The maximum Gasteiger partial charge on any atom is 0.0850 e. The molecule has 2 aromatic carbocycles. The second kappa shape index (κ2) is 5.39. The maximum atomic E-state index is 5.30.